The van der Waals surface area contributed by atoms with E-state index < -0.39 is 0 Å². The highest BCUT2D eigenvalue weighted by molar-refractivity contribution is 6.00. The first kappa shape index (κ1) is 9.88. The molecule has 1 aromatic rings. The highest BCUT2D eigenvalue weighted by Crippen LogP contribution is 2.44. The second kappa shape index (κ2) is 3.34. The van der Waals surface area contributed by atoms with E-state index in [1.807, 2.05) is 24.3 Å². The quantitative estimate of drug-likeness (QED) is 0.665. The average Bonchev–Trinajstić information content (AvgIpc) is 2.59. The van der Waals surface area contributed by atoms with Crippen molar-refractivity contribution in [1.82, 2.24) is 0 Å². The number of hydrogen-bond acceptors (Lipinski definition) is 2. The Balaban J connectivity index is 1.98. The largest absolute Gasteiger partial charge is 0.486 e. The first-order valence-corrected chi connectivity index (χ1v) is 6.00. The molecule has 2 aliphatic rings. The molecule has 1 aliphatic heterocycles. The van der Waals surface area contributed by atoms with E-state index in [-0.39, 0.29) is 11.4 Å². The van der Waals surface area contributed by atoms with Crippen LogP contribution in [0.25, 0.3) is 0 Å². The lowest BCUT2D eigenvalue weighted by molar-refractivity contribution is 0.0429. The maximum Gasteiger partial charge on any atom is 0.170 e. The fourth-order valence-corrected chi connectivity index (χ4v) is 3.05. The van der Waals surface area contributed by atoms with Crippen LogP contribution in [0.4, 0.5) is 0 Å². The SMILES string of the molecule is CC1CCC2(CC(=O)c3ccccc3O2)C1. The Hall–Kier alpha value is -1.31. The molecule has 1 aromatic carbocycles. The molecule has 1 fully saturated rings. The van der Waals surface area contributed by atoms with Crippen molar-refractivity contribution >= 4 is 5.78 Å². The summed E-state index contributed by atoms with van der Waals surface area (Å²) >= 11 is 0. The zero-order valence-electron chi connectivity index (χ0n) is 9.53. The maximum absolute atomic E-state index is 12.1. The smallest absolute Gasteiger partial charge is 0.170 e. The van der Waals surface area contributed by atoms with Crippen LogP contribution in [0.2, 0.25) is 0 Å². The Morgan fingerprint density at radius 2 is 2.19 bits per heavy atom. The van der Waals surface area contributed by atoms with Crippen molar-refractivity contribution in [3.8, 4) is 5.75 Å². The third-order valence-corrected chi connectivity index (χ3v) is 3.81. The van der Waals surface area contributed by atoms with E-state index >= 15 is 0 Å². The molecule has 0 radical (unpaired) electrons. The average molecular weight is 216 g/mol. The Labute approximate surface area is 95.6 Å². The Bertz CT molecular complexity index is 438. The molecular formula is C14H16O2. The van der Waals surface area contributed by atoms with Gasteiger partial charge < -0.3 is 4.74 Å². The van der Waals surface area contributed by atoms with Gasteiger partial charge in [0, 0.05) is 0 Å². The zero-order chi connectivity index (χ0) is 11.2. The van der Waals surface area contributed by atoms with Crippen LogP contribution in [-0.2, 0) is 0 Å². The van der Waals surface area contributed by atoms with Crippen molar-refractivity contribution in [1.29, 1.82) is 0 Å². The molecule has 84 valence electrons. The van der Waals surface area contributed by atoms with Crippen molar-refractivity contribution < 1.29 is 9.53 Å². The van der Waals surface area contributed by atoms with Crippen LogP contribution >= 0.6 is 0 Å². The van der Waals surface area contributed by atoms with E-state index in [4.69, 9.17) is 4.74 Å². The molecule has 1 aliphatic carbocycles. The van der Waals surface area contributed by atoms with E-state index in [9.17, 15) is 4.79 Å². The second-order valence-electron chi connectivity index (χ2n) is 5.23. The van der Waals surface area contributed by atoms with Gasteiger partial charge in [-0.3, -0.25) is 4.79 Å². The summed E-state index contributed by atoms with van der Waals surface area (Å²) in [6.45, 7) is 2.24. The Kier molecular flexibility index (Phi) is 2.06. The number of fused-ring (bicyclic) bond motifs is 1. The molecule has 3 rings (SSSR count). The maximum atomic E-state index is 12.1. The van der Waals surface area contributed by atoms with Crippen molar-refractivity contribution in [2.45, 2.75) is 38.2 Å². The molecule has 1 spiro atoms. The number of para-hydroxylation sites is 1. The highest BCUT2D eigenvalue weighted by atomic mass is 16.5. The van der Waals surface area contributed by atoms with Gasteiger partial charge in [-0.15, -0.1) is 0 Å². The normalized spacial score (nSPS) is 32.6. The van der Waals surface area contributed by atoms with Crippen molar-refractivity contribution in [3.63, 3.8) is 0 Å². The highest BCUT2D eigenvalue weighted by Gasteiger charge is 2.44. The number of ether oxygens (including phenoxy) is 1. The van der Waals surface area contributed by atoms with Gasteiger partial charge in [0.05, 0.1) is 12.0 Å². The van der Waals surface area contributed by atoms with Crippen LogP contribution in [0.5, 0.6) is 5.75 Å². The monoisotopic (exact) mass is 216 g/mol. The molecule has 0 N–H and O–H groups in total. The van der Waals surface area contributed by atoms with Crippen LogP contribution in [0, 0.1) is 5.92 Å². The van der Waals surface area contributed by atoms with Crippen LogP contribution in [-0.4, -0.2) is 11.4 Å². The standard InChI is InChI=1S/C14H16O2/c1-10-6-7-14(8-10)9-12(15)11-4-2-3-5-13(11)16-14/h2-5,10H,6-9H2,1H3. The molecule has 16 heavy (non-hydrogen) atoms. The second-order valence-corrected chi connectivity index (χ2v) is 5.23. The number of Topliss-reactive ketones (excluding diaryl/α,β-unsaturated/α-hetero) is 1. The third kappa shape index (κ3) is 1.44. The molecule has 0 aromatic heterocycles. The van der Waals surface area contributed by atoms with Gasteiger partial charge in [-0.05, 0) is 37.3 Å². The van der Waals surface area contributed by atoms with E-state index in [0.717, 1.165) is 24.2 Å². The molecule has 0 amide bonds. The Morgan fingerprint density at radius 3 is 2.94 bits per heavy atom. The van der Waals surface area contributed by atoms with Crippen LogP contribution in [0.15, 0.2) is 24.3 Å². The summed E-state index contributed by atoms with van der Waals surface area (Å²) in [5, 5.41) is 0. The van der Waals surface area contributed by atoms with Crippen LogP contribution in [0.3, 0.4) is 0 Å². The topological polar surface area (TPSA) is 26.3 Å². The molecule has 1 heterocycles. The van der Waals surface area contributed by atoms with Gasteiger partial charge >= 0.3 is 0 Å². The molecular weight excluding hydrogens is 200 g/mol. The van der Waals surface area contributed by atoms with Gasteiger partial charge in [-0.25, -0.2) is 0 Å². The lowest BCUT2D eigenvalue weighted by Gasteiger charge is -2.34. The first-order valence-electron chi connectivity index (χ1n) is 6.00. The van der Waals surface area contributed by atoms with E-state index in [1.54, 1.807) is 0 Å². The van der Waals surface area contributed by atoms with Gasteiger partial charge in [-0.2, -0.15) is 0 Å². The predicted molar refractivity (Wildman–Crippen MR) is 61.8 cm³/mol. The molecule has 2 heteroatoms. The summed E-state index contributed by atoms with van der Waals surface area (Å²) in [6, 6.07) is 7.61. The van der Waals surface area contributed by atoms with E-state index in [1.165, 1.54) is 6.42 Å². The van der Waals surface area contributed by atoms with Gasteiger partial charge in [0.2, 0.25) is 0 Å². The minimum atomic E-state index is -0.190. The number of benzene rings is 1. The van der Waals surface area contributed by atoms with Crippen molar-refractivity contribution in [2.75, 3.05) is 0 Å². The van der Waals surface area contributed by atoms with Gasteiger partial charge in [0.15, 0.2) is 5.78 Å². The number of hydrogen-bond donors (Lipinski definition) is 0. The third-order valence-electron chi connectivity index (χ3n) is 3.81. The molecule has 0 saturated heterocycles. The van der Waals surface area contributed by atoms with Crippen molar-refractivity contribution in [2.24, 2.45) is 5.92 Å². The zero-order valence-corrected chi connectivity index (χ0v) is 9.53. The number of carbonyl (C=O) groups is 1. The number of ketones is 1. The van der Waals surface area contributed by atoms with Gasteiger partial charge in [0.1, 0.15) is 11.4 Å². The summed E-state index contributed by atoms with van der Waals surface area (Å²) < 4.78 is 6.10. The minimum absolute atomic E-state index is 0.190. The number of rotatable bonds is 0. The summed E-state index contributed by atoms with van der Waals surface area (Å²) in [5.41, 5.74) is 0.567. The molecule has 0 bridgehead atoms. The number of carbonyl (C=O) groups excluding carboxylic acids is 1. The van der Waals surface area contributed by atoms with Gasteiger partial charge in [0.25, 0.3) is 0 Å². The lowest BCUT2D eigenvalue weighted by atomic mass is 9.88. The fourth-order valence-electron chi connectivity index (χ4n) is 3.05. The Morgan fingerprint density at radius 1 is 1.38 bits per heavy atom. The summed E-state index contributed by atoms with van der Waals surface area (Å²) in [7, 11) is 0. The first-order chi connectivity index (χ1) is 7.69. The lowest BCUT2D eigenvalue weighted by Crippen LogP contribution is -2.39. The van der Waals surface area contributed by atoms with E-state index in [2.05, 4.69) is 6.92 Å². The fraction of sp³-hybridized carbons (Fsp3) is 0.500. The minimum Gasteiger partial charge on any atom is -0.486 e. The van der Waals surface area contributed by atoms with Crippen LogP contribution in [0.1, 0.15) is 43.0 Å². The molecule has 1 saturated carbocycles. The van der Waals surface area contributed by atoms with E-state index in [0.29, 0.717) is 12.3 Å². The van der Waals surface area contributed by atoms with Crippen LogP contribution < -0.4 is 4.74 Å². The summed E-state index contributed by atoms with van der Waals surface area (Å²) in [5.74, 6) is 1.71. The summed E-state index contributed by atoms with van der Waals surface area (Å²) in [4.78, 5) is 12.1. The van der Waals surface area contributed by atoms with Crippen molar-refractivity contribution in [3.05, 3.63) is 29.8 Å². The molecule has 2 atom stereocenters. The molecule has 2 unspecified atom stereocenters. The molecule has 2 nitrogen and oxygen atoms in total. The predicted octanol–water partition coefficient (Wildman–Crippen LogP) is 3.21. The van der Waals surface area contributed by atoms with Gasteiger partial charge in [-0.1, -0.05) is 19.1 Å². The summed E-state index contributed by atoms with van der Waals surface area (Å²) in [6.07, 6.45) is 3.78.